The Bertz CT molecular complexity index is 483. The molecular formula is C15H27N5O3. The smallest absolute Gasteiger partial charge is 0.246 e. The van der Waals surface area contributed by atoms with Crippen LogP contribution < -0.4 is 5.32 Å². The number of hydrogen-bond acceptors (Lipinski definition) is 6. The van der Waals surface area contributed by atoms with Gasteiger partial charge >= 0.3 is 0 Å². The summed E-state index contributed by atoms with van der Waals surface area (Å²) in [5, 5.41) is 7.05. The first-order valence-electron chi connectivity index (χ1n) is 8.08. The fraction of sp³-hybridized carbons (Fsp3) is 0.800. The summed E-state index contributed by atoms with van der Waals surface area (Å²) in [6.07, 6.45) is 3.30. The van der Waals surface area contributed by atoms with Crippen LogP contribution in [-0.2, 0) is 16.0 Å². The summed E-state index contributed by atoms with van der Waals surface area (Å²) in [5.41, 5.74) is 0. The Morgan fingerprint density at radius 2 is 2.17 bits per heavy atom. The molecular weight excluding hydrogens is 298 g/mol. The largest absolute Gasteiger partial charge is 0.385 e. The van der Waals surface area contributed by atoms with Gasteiger partial charge in [0.2, 0.25) is 5.89 Å². The SMILES string of the molecule is CN=C(NCc1nc(C)no1)N1CCC(OCCCOC)CC1. The van der Waals surface area contributed by atoms with Crippen molar-refractivity contribution in [2.75, 3.05) is 40.5 Å². The van der Waals surface area contributed by atoms with Crippen molar-refractivity contribution in [3.63, 3.8) is 0 Å². The molecule has 1 N–H and O–H groups in total. The van der Waals surface area contributed by atoms with E-state index in [-0.39, 0.29) is 0 Å². The lowest BCUT2D eigenvalue weighted by molar-refractivity contribution is 0.00987. The van der Waals surface area contributed by atoms with Crippen molar-refractivity contribution < 1.29 is 14.0 Å². The molecule has 130 valence electrons. The molecule has 0 aliphatic carbocycles. The van der Waals surface area contributed by atoms with Crippen LogP contribution in [0, 0.1) is 6.92 Å². The lowest BCUT2D eigenvalue weighted by atomic mass is 10.1. The van der Waals surface area contributed by atoms with Crippen molar-refractivity contribution in [1.82, 2.24) is 20.4 Å². The van der Waals surface area contributed by atoms with Gasteiger partial charge in [0.1, 0.15) is 0 Å². The van der Waals surface area contributed by atoms with E-state index >= 15 is 0 Å². The highest BCUT2D eigenvalue weighted by Gasteiger charge is 2.22. The molecule has 1 saturated heterocycles. The summed E-state index contributed by atoms with van der Waals surface area (Å²) < 4.78 is 16.0. The van der Waals surface area contributed by atoms with Gasteiger partial charge in [0.05, 0.1) is 12.6 Å². The molecule has 23 heavy (non-hydrogen) atoms. The first-order chi connectivity index (χ1) is 11.2. The molecule has 0 aromatic carbocycles. The molecule has 0 atom stereocenters. The lowest BCUT2D eigenvalue weighted by Crippen LogP contribution is -2.46. The fourth-order valence-electron chi connectivity index (χ4n) is 2.59. The van der Waals surface area contributed by atoms with Crippen LogP contribution in [0.25, 0.3) is 0 Å². The average Bonchev–Trinajstić information content (AvgIpc) is 2.99. The Kier molecular flexibility index (Phi) is 7.28. The van der Waals surface area contributed by atoms with Crippen LogP contribution >= 0.6 is 0 Å². The Morgan fingerprint density at radius 1 is 1.39 bits per heavy atom. The molecule has 2 heterocycles. The number of likely N-dealkylation sites (tertiary alicyclic amines) is 1. The van der Waals surface area contributed by atoms with Crippen LogP contribution in [0.2, 0.25) is 0 Å². The number of nitrogens with zero attached hydrogens (tertiary/aromatic N) is 4. The molecule has 1 fully saturated rings. The zero-order valence-corrected chi connectivity index (χ0v) is 14.2. The summed E-state index contributed by atoms with van der Waals surface area (Å²) in [6.45, 7) is 5.67. The minimum absolute atomic E-state index is 0.333. The number of rotatable bonds is 7. The second-order valence-corrected chi connectivity index (χ2v) is 5.54. The number of piperidine rings is 1. The van der Waals surface area contributed by atoms with Crippen LogP contribution in [0.1, 0.15) is 31.0 Å². The van der Waals surface area contributed by atoms with Gasteiger partial charge in [-0.25, -0.2) is 0 Å². The second-order valence-electron chi connectivity index (χ2n) is 5.54. The molecule has 0 bridgehead atoms. The van der Waals surface area contributed by atoms with Crippen molar-refractivity contribution in [3.8, 4) is 0 Å². The Morgan fingerprint density at radius 3 is 2.78 bits per heavy atom. The van der Waals surface area contributed by atoms with Gasteiger partial charge in [-0.2, -0.15) is 4.98 Å². The number of guanidine groups is 1. The number of ether oxygens (including phenoxy) is 2. The Balaban J connectivity index is 1.70. The minimum atomic E-state index is 0.333. The van der Waals surface area contributed by atoms with Gasteiger partial charge in [0.15, 0.2) is 11.8 Å². The number of methoxy groups -OCH3 is 1. The minimum Gasteiger partial charge on any atom is -0.385 e. The molecule has 1 aromatic rings. The molecule has 0 radical (unpaired) electrons. The zero-order valence-electron chi connectivity index (χ0n) is 14.2. The van der Waals surface area contributed by atoms with Crippen molar-refractivity contribution in [2.24, 2.45) is 4.99 Å². The Hall–Kier alpha value is -1.67. The van der Waals surface area contributed by atoms with Crippen LogP contribution in [0.5, 0.6) is 0 Å². The second kappa shape index (κ2) is 9.46. The first-order valence-corrected chi connectivity index (χ1v) is 8.08. The van der Waals surface area contributed by atoms with Crippen molar-refractivity contribution in [2.45, 2.75) is 38.8 Å². The van der Waals surface area contributed by atoms with E-state index in [1.807, 2.05) is 0 Å². The molecule has 0 saturated carbocycles. The van der Waals surface area contributed by atoms with E-state index < -0.39 is 0 Å². The summed E-state index contributed by atoms with van der Waals surface area (Å²) in [4.78, 5) is 10.7. The molecule has 2 rings (SSSR count). The topological polar surface area (TPSA) is 85.0 Å². The number of aryl methyl sites for hydroxylation is 1. The van der Waals surface area contributed by atoms with Crippen LogP contribution in [-0.4, -0.2) is 67.6 Å². The third-order valence-corrected chi connectivity index (χ3v) is 3.77. The van der Waals surface area contributed by atoms with E-state index in [0.29, 0.717) is 24.4 Å². The highest BCUT2D eigenvalue weighted by atomic mass is 16.5. The normalized spacial score (nSPS) is 16.8. The Labute approximate surface area is 137 Å². The van der Waals surface area contributed by atoms with Gasteiger partial charge in [0, 0.05) is 40.5 Å². The number of aromatic nitrogens is 2. The van der Waals surface area contributed by atoms with E-state index in [1.54, 1.807) is 21.1 Å². The molecule has 1 aromatic heterocycles. The third-order valence-electron chi connectivity index (χ3n) is 3.77. The summed E-state index contributed by atoms with van der Waals surface area (Å²) >= 11 is 0. The zero-order chi connectivity index (χ0) is 16.5. The molecule has 1 aliphatic heterocycles. The summed E-state index contributed by atoms with van der Waals surface area (Å²) in [6, 6.07) is 0. The molecule has 8 heteroatoms. The highest BCUT2D eigenvalue weighted by molar-refractivity contribution is 5.79. The maximum Gasteiger partial charge on any atom is 0.246 e. The van der Waals surface area contributed by atoms with E-state index in [0.717, 1.165) is 51.5 Å². The van der Waals surface area contributed by atoms with Crippen LogP contribution in [0.4, 0.5) is 0 Å². The van der Waals surface area contributed by atoms with E-state index in [1.165, 1.54) is 0 Å². The molecule has 0 unspecified atom stereocenters. The van der Waals surface area contributed by atoms with E-state index in [4.69, 9.17) is 14.0 Å². The number of aliphatic imine (C=N–C) groups is 1. The maximum absolute atomic E-state index is 5.88. The third kappa shape index (κ3) is 5.80. The first kappa shape index (κ1) is 17.7. The van der Waals surface area contributed by atoms with E-state index in [9.17, 15) is 0 Å². The van der Waals surface area contributed by atoms with Gasteiger partial charge in [-0.15, -0.1) is 0 Å². The van der Waals surface area contributed by atoms with Gasteiger partial charge in [-0.3, -0.25) is 4.99 Å². The molecule has 1 aliphatic rings. The van der Waals surface area contributed by atoms with Gasteiger partial charge in [-0.1, -0.05) is 5.16 Å². The summed E-state index contributed by atoms with van der Waals surface area (Å²) in [7, 11) is 3.50. The van der Waals surface area contributed by atoms with Crippen molar-refractivity contribution in [1.29, 1.82) is 0 Å². The van der Waals surface area contributed by atoms with Crippen molar-refractivity contribution >= 4 is 5.96 Å². The number of nitrogens with one attached hydrogen (secondary N) is 1. The van der Waals surface area contributed by atoms with Gasteiger partial charge < -0.3 is 24.2 Å². The predicted octanol–water partition coefficient (Wildman–Crippen LogP) is 0.971. The molecule has 0 spiro atoms. The van der Waals surface area contributed by atoms with Crippen molar-refractivity contribution in [3.05, 3.63) is 11.7 Å². The lowest BCUT2D eigenvalue weighted by Gasteiger charge is -2.34. The highest BCUT2D eigenvalue weighted by Crippen LogP contribution is 2.14. The predicted molar refractivity (Wildman–Crippen MR) is 86.3 cm³/mol. The molecule has 8 nitrogen and oxygen atoms in total. The standard InChI is InChI=1S/C15H27N5O3/c1-12-18-14(23-19-12)11-17-15(16-2)20-7-5-13(6-8-20)22-10-4-9-21-3/h13H,4-11H2,1-3H3,(H,16,17). The molecule has 0 amide bonds. The average molecular weight is 325 g/mol. The van der Waals surface area contributed by atoms with Crippen LogP contribution in [0.3, 0.4) is 0 Å². The van der Waals surface area contributed by atoms with Gasteiger partial charge in [-0.05, 0) is 26.2 Å². The summed E-state index contributed by atoms with van der Waals surface area (Å²) in [5.74, 6) is 2.07. The van der Waals surface area contributed by atoms with Crippen LogP contribution in [0.15, 0.2) is 9.52 Å². The van der Waals surface area contributed by atoms with Gasteiger partial charge in [0.25, 0.3) is 0 Å². The fourth-order valence-corrected chi connectivity index (χ4v) is 2.59. The van der Waals surface area contributed by atoms with E-state index in [2.05, 4.69) is 25.3 Å². The maximum atomic E-state index is 5.88. The quantitative estimate of drug-likeness (QED) is 0.454. The monoisotopic (exact) mass is 325 g/mol. The number of hydrogen-bond donors (Lipinski definition) is 1.